The van der Waals surface area contributed by atoms with E-state index < -0.39 is 0 Å². The second-order valence-corrected chi connectivity index (χ2v) is 10.2. The summed E-state index contributed by atoms with van der Waals surface area (Å²) in [6, 6.07) is 0. The molecule has 0 aromatic rings. The van der Waals surface area contributed by atoms with Gasteiger partial charge in [0.25, 0.3) is 5.91 Å². The number of halogens is 1. The van der Waals surface area contributed by atoms with E-state index in [4.69, 9.17) is 4.74 Å². The van der Waals surface area contributed by atoms with Crippen molar-refractivity contribution in [2.24, 2.45) is 16.7 Å². The molecule has 3 aliphatic rings. The number of hydrogen-bond acceptors (Lipinski definition) is 2. The minimum atomic E-state index is 0. The molecule has 0 radical (unpaired) electrons. The van der Waals surface area contributed by atoms with Crippen molar-refractivity contribution in [1.82, 2.24) is 4.90 Å². The second-order valence-electron chi connectivity index (χ2n) is 8.01. The van der Waals surface area contributed by atoms with Crippen molar-refractivity contribution in [3.05, 3.63) is 12.2 Å². The Kier molecular flexibility index (Phi) is 5.65. The number of fused-ring (bicyclic) bond motifs is 2. The zero-order chi connectivity index (χ0) is 16.1. The summed E-state index contributed by atoms with van der Waals surface area (Å²) in [6.45, 7) is 8.83. The van der Waals surface area contributed by atoms with Crippen molar-refractivity contribution in [3.63, 3.8) is 0 Å². The maximum Gasteiger partial charge on any atom is 0.273 e. The maximum atomic E-state index is 12.5. The Bertz CT molecular complexity index is 487. The molecule has 1 amide bonds. The molecular weight excluding hydrogens is 374 g/mol. The quantitative estimate of drug-likeness (QED) is 0.466. The zero-order valence-corrected chi connectivity index (χ0v) is 17.4. The van der Waals surface area contributed by atoms with Crippen LogP contribution in [0.4, 0.5) is 0 Å². The van der Waals surface area contributed by atoms with Gasteiger partial charge in [0.05, 0.1) is 6.26 Å². The van der Waals surface area contributed by atoms with Gasteiger partial charge in [0.1, 0.15) is 11.4 Å². The van der Waals surface area contributed by atoms with Gasteiger partial charge in [-0.15, -0.1) is 0 Å². The van der Waals surface area contributed by atoms with Gasteiger partial charge in [-0.25, -0.2) is 0 Å². The van der Waals surface area contributed by atoms with E-state index >= 15 is 0 Å². The molecular formula is C18H30BrNO2S. The molecule has 5 heteroatoms. The van der Waals surface area contributed by atoms with E-state index in [9.17, 15) is 4.79 Å². The topological polar surface area (TPSA) is 29.5 Å². The molecule has 2 aliphatic carbocycles. The predicted octanol–water partition coefficient (Wildman–Crippen LogP) is -0.523. The highest BCUT2D eigenvalue weighted by atomic mass is 79.9. The van der Waals surface area contributed by atoms with E-state index in [1.165, 1.54) is 12.8 Å². The molecule has 5 atom stereocenters. The predicted molar refractivity (Wildman–Crippen MR) is 93.1 cm³/mol. The van der Waals surface area contributed by atoms with E-state index in [-0.39, 0.29) is 33.3 Å². The average Bonchev–Trinajstić information content (AvgIpc) is 3.10. The summed E-state index contributed by atoms with van der Waals surface area (Å²) in [5, 5.41) is 0.540. The van der Waals surface area contributed by atoms with Crippen LogP contribution >= 0.6 is 0 Å². The molecule has 0 aromatic heterocycles. The molecule has 1 aliphatic heterocycles. The molecule has 1 heterocycles. The van der Waals surface area contributed by atoms with Gasteiger partial charge >= 0.3 is 0 Å². The summed E-state index contributed by atoms with van der Waals surface area (Å²) in [7, 11) is 1.95. The lowest BCUT2D eigenvalue weighted by Gasteiger charge is -2.38. The van der Waals surface area contributed by atoms with Gasteiger partial charge in [0.2, 0.25) is 0 Å². The Morgan fingerprint density at radius 1 is 1.30 bits per heavy atom. The molecule has 0 spiro atoms. The first-order valence-electron chi connectivity index (χ1n) is 8.40. The van der Waals surface area contributed by atoms with E-state index in [1.807, 2.05) is 12.0 Å². The maximum absolute atomic E-state index is 12.5. The molecule has 2 fully saturated rings. The molecule has 0 N–H and O–H groups in total. The van der Waals surface area contributed by atoms with Crippen LogP contribution in [0.2, 0.25) is 0 Å². The Balaban J connectivity index is 0.00000192. The molecule has 2 bridgehead atoms. The first-order chi connectivity index (χ1) is 10.3. The third-order valence-corrected chi connectivity index (χ3v) is 9.14. The smallest absolute Gasteiger partial charge is 0.273 e. The fourth-order valence-electron chi connectivity index (χ4n) is 5.17. The van der Waals surface area contributed by atoms with Crippen LogP contribution in [0.3, 0.4) is 0 Å². The number of amides is 1. The first-order valence-corrected chi connectivity index (χ1v) is 10.3. The standard InChI is InChI=1S/C18H30NO2S.BrH/c1-17(2)13-8-9-18(17,3)16(21-4)15(13)22(5)12-14(20)19-10-6-7-11-19;/h6-7,13,15-16H,8-12H2,1-5H3;1H/q+1;/p-1. The number of nitrogens with zero attached hydrogens (tertiary/aromatic N) is 1. The number of rotatable bonds is 4. The van der Waals surface area contributed by atoms with Gasteiger partial charge in [0.15, 0.2) is 5.75 Å². The Hall–Kier alpha value is -0.0000000000000000555. The Labute approximate surface area is 154 Å². The fourth-order valence-corrected chi connectivity index (χ4v) is 7.80. The Morgan fingerprint density at radius 2 is 1.91 bits per heavy atom. The number of carbonyl (C=O) groups excluding carboxylic acids is 1. The molecule has 23 heavy (non-hydrogen) atoms. The molecule has 5 unspecified atom stereocenters. The van der Waals surface area contributed by atoms with Gasteiger partial charge in [-0.05, 0) is 29.2 Å². The monoisotopic (exact) mass is 403 g/mol. The van der Waals surface area contributed by atoms with E-state index in [0.717, 1.165) is 13.1 Å². The van der Waals surface area contributed by atoms with Crippen LogP contribution in [0.15, 0.2) is 12.2 Å². The van der Waals surface area contributed by atoms with Gasteiger partial charge < -0.3 is 26.6 Å². The van der Waals surface area contributed by atoms with Crippen molar-refractivity contribution in [1.29, 1.82) is 0 Å². The molecule has 3 rings (SSSR count). The van der Waals surface area contributed by atoms with Gasteiger partial charge in [-0.2, -0.15) is 0 Å². The highest BCUT2D eigenvalue weighted by Gasteiger charge is 2.70. The molecule has 3 nitrogen and oxygen atoms in total. The van der Waals surface area contributed by atoms with Crippen molar-refractivity contribution >= 4 is 16.8 Å². The third kappa shape index (κ3) is 2.81. The Morgan fingerprint density at radius 3 is 2.48 bits per heavy atom. The zero-order valence-electron chi connectivity index (χ0n) is 15.0. The van der Waals surface area contributed by atoms with E-state index in [1.54, 1.807) is 0 Å². The molecule has 0 aromatic carbocycles. The van der Waals surface area contributed by atoms with Crippen LogP contribution in [-0.4, -0.2) is 54.4 Å². The average molecular weight is 404 g/mol. The first kappa shape index (κ1) is 19.3. The minimum absolute atomic E-state index is 0. The number of hydrogen-bond donors (Lipinski definition) is 0. The van der Waals surface area contributed by atoms with Crippen LogP contribution in [0, 0.1) is 16.7 Å². The number of methoxy groups -OCH3 is 1. The lowest BCUT2D eigenvalue weighted by Crippen LogP contribution is -3.00. The minimum Gasteiger partial charge on any atom is -1.00 e. The summed E-state index contributed by atoms with van der Waals surface area (Å²) in [5.41, 5.74) is 0.578. The van der Waals surface area contributed by atoms with Gasteiger partial charge in [-0.1, -0.05) is 32.9 Å². The largest absolute Gasteiger partial charge is 1.00 e. The lowest BCUT2D eigenvalue weighted by atomic mass is 9.70. The van der Waals surface area contributed by atoms with Crippen LogP contribution in [0.5, 0.6) is 0 Å². The van der Waals surface area contributed by atoms with Crippen LogP contribution in [0.1, 0.15) is 33.6 Å². The normalized spacial score (nSPS) is 38.7. The summed E-state index contributed by atoms with van der Waals surface area (Å²) in [6.07, 6.45) is 9.33. The molecule has 132 valence electrons. The summed E-state index contributed by atoms with van der Waals surface area (Å²) in [4.78, 5) is 14.5. The van der Waals surface area contributed by atoms with Gasteiger partial charge in [0, 0.05) is 31.5 Å². The lowest BCUT2D eigenvalue weighted by molar-refractivity contribution is -0.127. The van der Waals surface area contributed by atoms with Crippen molar-refractivity contribution in [2.45, 2.75) is 45.0 Å². The van der Waals surface area contributed by atoms with Crippen molar-refractivity contribution in [2.75, 3.05) is 32.2 Å². The molecule has 2 saturated carbocycles. The number of carbonyl (C=O) groups is 1. The van der Waals surface area contributed by atoms with Crippen molar-refractivity contribution < 1.29 is 26.5 Å². The number of ether oxygens (including phenoxy) is 1. The van der Waals surface area contributed by atoms with Crippen molar-refractivity contribution in [3.8, 4) is 0 Å². The van der Waals surface area contributed by atoms with Crippen LogP contribution in [0.25, 0.3) is 0 Å². The summed E-state index contributed by atoms with van der Waals surface area (Å²) < 4.78 is 5.99. The summed E-state index contributed by atoms with van der Waals surface area (Å²) >= 11 is 0. The SMILES string of the molecule is COC1C([S+](C)CC(=O)N2CC=CC2)C2CCC1(C)C2(C)C.[Br-]. The second kappa shape index (κ2) is 6.72. The third-order valence-electron chi connectivity index (χ3n) is 6.94. The van der Waals surface area contributed by atoms with E-state index in [2.05, 4.69) is 39.2 Å². The fraction of sp³-hybridized carbons (Fsp3) is 0.833. The summed E-state index contributed by atoms with van der Waals surface area (Å²) in [5.74, 6) is 1.70. The van der Waals surface area contributed by atoms with Crippen LogP contribution in [-0.2, 0) is 20.4 Å². The highest BCUT2D eigenvalue weighted by Crippen LogP contribution is 2.67. The van der Waals surface area contributed by atoms with Crippen LogP contribution < -0.4 is 17.0 Å². The van der Waals surface area contributed by atoms with Gasteiger partial charge in [-0.3, -0.25) is 4.79 Å². The molecule has 0 saturated heterocycles. The highest BCUT2D eigenvalue weighted by molar-refractivity contribution is 7.97. The van der Waals surface area contributed by atoms with E-state index in [0.29, 0.717) is 34.3 Å².